The van der Waals surface area contributed by atoms with E-state index in [9.17, 15) is 4.79 Å². The third-order valence-corrected chi connectivity index (χ3v) is 4.73. The highest BCUT2D eigenvalue weighted by atomic mass is 16.2. The summed E-state index contributed by atoms with van der Waals surface area (Å²) in [4.78, 5) is 12.1. The quantitative estimate of drug-likeness (QED) is 0.739. The smallest absolute Gasteiger partial charge is 0.224 e. The molecule has 2 aliphatic carbocycles. The summed E-state index contributed by atoms with van der Waals surface area (Å²) in [6.07, 6.45) is 7.58. The third-order valence-electron chi connectivity index (χ3n) is 4.73. The van der Waals surface area contributed by atoms with Crippen molar-refractivity contribution in [2.75, 3.05) is 13.1 Å². The number of amides is 1. The lowest BCUT2D eigenvalue weighted by Crippen LogP contribution is -2.46. The van der Waals surface area contributed by atoms with Crippen LogP contribution in [-0.2, 0) is 4.79 Å². The van der Waals surface area contributed by atoms with E-state index in [1.807, 2.05) is 0 Å². The number of fused-ring (bicyclic) bond motifs is 2. The van der Waals surface area contributed by atoms with Crippen molar-refractivity contribution in [1.82, 2.24) is 10.6 Å². The zero-order valence-electron chi connectivity index (χ0n) is 9.87. The molecule has 90 valence electrons. The number of hydrogen-bond acceptors (Lipinski definition) is 2. The maximum Gasteiger partial charge on any atom is 0.224 e. The van der Waals surface area contributed by atoms with Crippen LogP contribution >= 0.6 is 0 Å². The largest absolute Gasteiger partial charge is 0.353 e. The third kappa shape index (κ3) is 1.97. The van der Waals surface area contributed by atoms with Gasteiger partial charge in [0.2, 0.25) is 5.91 Å². The molecule has 1 aliphatic heterocycles. The molecule has 0 aromatic heterocycles. The first-order valence-corrected chi connectivity index (χ1v) is 6.84. The summed E-state index contributed by atoms with van der Waals surface area (Å²) in [5.41, 5.74) is 0. The Morgan fingerprint density at radius 3 is 2.75 bits per heavy atom. The number of rotatable bonds is 2. The minimum Gasteiger partial charge on any atom is -0.353 e. The number of nitrogens with one attached hydrogen (secondary N) is 2. The fraction of sp³-hybridized carbons (Fsp3) is 0.923. The van der Waals surface area contributed by atoms with E-state index in [2.05, 4.69) is 10.6 Å². The topological polar surface area (TPSA) is 41.1 Å². The molecular formula is C13H22N2O. The average Bonchev–Trinajstić information content (AvgIpc) is 2.92. The second-order valence-electron chi connectivity index (χ2n) is 5.83. The minimum absolute atomic E-state index is 0.230. The van der Waals surface area contributed by atoms with E-state index in [0.717, 1.165) is 37.8 Å². The van der Waals surface area contributed by atoms with Crippen molar-refractivity contribution >= 4 is 5.91 Å². The van der Waals surface area contributed by atoms with E-state index < -0.39 is 0 Å². The van der Waals surface area contributed by atoms with Crippen LogP contribution in [-0.4, -0.2) is 25.0 Å². The molecule has 3 rings (SSSR count). The van der Waals surface area contributed by atoms with Crippen molar-refractivity contribution in [3.63, 3.8) is 0 Å². The molecule has 0 aromatic rings. The monoisotopic (exact) mass is 222 g/mol. The lowest BCUT2D eigenvalue weighted by Gasteiger charge is -2.27. The van der Waals surface area contributed by atoms with Gasteiger partial charge in [0.25, 0.3) is 0 Å². The van der Waals surface area contributed by atoms with Crippen molar-refractivity contribution < 1.29 is 4.79 Å². The van der Waals surface area contributed by atoms with Crippen molar-refractivity contribution in [3.8, 4) is 0 Å². The highest BCUT2D eigenvalue weighted by Crippen LogP contribution is 2.44. The Labute approximate surface area is 97.4 Å². The standard InChI is InChI=1S/C13H22N2O/c16-13(11-2-1-5-14-8-11)15-12-7-9-3-4-10(12)6-9/h9-12,14H,1-8H2,(H,15,16)/t9?,10?,11-,12?/m0/s1. The first-order valence-electron chi connectivity index (χ1n) is 6.84. The molecule has 0 spiro atoms. The van der Waals surface area contributed by atoms with Crippen LogP contribution in [0.3, 0.4) is 0 Å². The van der Waals surface area contributed by atoms with Gasteiger partial charge >= 0.3 is 0 Å². The molecule has 2 saturated carbocycles. The van der Waals surface area contributed by atoms with Gasteiger partial charge in [-0.15, -0.1) is 0 Å². The van der Waals surface area contributed by atoms with Crippen LogP contribution < -0.4 is 10.6 Å². The summed E-state index contributed by atoms with van der Waals surface area (Å²) >= 11 is 0. The normalized spacial score (nSPS) is 42.2. The molecule has 16 heavy (non-hydrogen) atoms. The zero-order valence-corrected chi connectivity index (χ0v) is 9.87. The van der Waals surface area contributed by atoms with Crippen molar-refractivity contribution in [2.45, 2.75) is 44.6 Å². The lowest BCUT2D eigenvalue weighted by molar-refractivity contribution is -0.126. The molecule has 2 N–H and O–H groups in total. The summed E-state index contributed by atoms with van der Waals surface area (Å²) in [5, 5.41) is 6.61. The molecule has 3 nitrogen and oxygen atoms in total. The lowest BCUT2D eigenvalue weighted by atomic mass is 9.93. The van der Waals surface area contributed by atoms with Crippen molar-refractivity contribution in [1.29, 1.82) is 0 Å². The Kier molecular flexibility index (Phi) is 2.88. The molecular weight excluding hydrogens is 200 g/mol. The SMILES string of the molecule is O=C(NC1CC2CCC1C2)[C@H]1CCCNC1. The number of carbonyl (C=O) groups excluding carboxylic acids is 1. The van der Waals surface area contributed by atoms with E-state index in [-0.39, 0.29) is 5.92 Å². The molecule has 3 aliphatic rings. The van der Waals surface area contributed by atoms with Gasteiger partial charge in [-0.25, -0.2) is 0 Å². The Morgan fingerprint density at radius 1 is 1.19 bits per heavy atom. The predicted molar refractivity (Wildman–Crippen MR) is 63.0 cm³/mol. The number of carbonyl (C=O) groups is 1. The van der Waals surface area contributed by atoms with E-state index >= 15 is 0 Å². The summed E-state index contributed by atoms with van der Waals surface area (Å²) in [7, 11) is 0. The molecule has 2 bridgehead atoms. The Hall–Kier alpha value is -0.570. The molecule has 3 heteroatoms. The van der Waals surface area contributed by atoms with Crippen molar-refractivity contribution in [2.24, 2.45) is 17.8 Å². The van der Waals surface area contributed by atoms with Crippen LogP contribution in [0.2, 0.25) is 0 Å². The molecule has 4 atom stereocenters. The van der Waals surface area contributed by atoms with Gasteiger partial charge in [-0.3, -0.25) is 4.79 Å². The maximum atomic E-state index is 12.1. The fourth-order valence-corrected chi connectivity index (χ4v) is 3.80. The van der Waals surface area contributed by atoms with Gasteiger partial charge in [0.05, 0.1) is 5.92 Å². The van der Waals surface area contributed by atoms with E-state index in [4.69, 9.17) is 0 Å². The number of hydrogen-bond donors (Lipinski definition) is 2. The van der Waals surface area contributed by atoms with Crippen LogP contribution in [0, 0.1) is 17.8 Å². The van der Waals surface area contributed by atoms with Gasteiger partial charge in [0.15, 0.2) is 0 Å². The molecule has 1 saturated heterocycles. The molecule has 0 radical (unpaired) electrons. The van der Waals surface area contributed by atoms with Gasteiger partial charge in [0, 0.05) is 12.6 Å². The molecule has 1 heterocycles. The first kappa shape index (κ1) is 10.6. The van der Waals surface area contributed by atoms with E-state index in [1.54, 1.807) is 0 Å². The van der Waals surface area contributed by atoms with Gasteiger partial charge in [-0.2, -0.15) is 0 Å². The summed E-state index contributed by atoms with van der Waals surface area (Å²) in [6.45, 7) is 1.96. The minimum atomic E-state index is 0.230. The molecule has 3 unspecified atom stereocenters. The van der Waals surface area contributed by atoms with Crippen LogP contribution in [0.5, 0.6) is 0 Å². The van der Waals surface area contributed by atoms with E-state index in [0.29, 0.717) is 11.9 Å². The molecule has 0 aromatic carbocycles. The zero-order chi connectivity index (χ0) is 11.0. The van der Waals surface area contributed by atoms with Crippen LogP contribution in [0.15, 0.2) is 0 Å². The van der Waals surface area contributed by atoms with Crippen LogP contribution in [0.4, 0.5) is 0 Å². The number of piperidine rings is 1. The highest BCUT2D eigenvalue weighted by molar-refractivity contribution is 5.79. The first-order chi connectivity index (χ1) is 7.83. The molecule has 1 amide bonds. The summed E-state index contributed by atoms with van der Waals surface area (Å²) in [6, 6.07) is 0.508. The summed E-state index contributed by atoms with van der Waals surface area (Å²) < 4.78 is 0. The second-order valence-corrected chi connectivity index (χ2v) is 5.83. The highest BCUT2D eigenvalue weighted by Gasteiger charge is 2.40. The Morgan fingerprint density at radius 2 is 2.12 bits per heavy atom. The van der Waals surface area contributed by atoms with Crippen LogP contribution in [0.25, 0.3) is 0 Å². The van der Waals surface area contributed by atoms with Gasteiger partial charge < -0.3 is 10.6 Å². The maximum absolute atomic E-state index is 12.1. The van der Waals surface area contributed by atoms with Crippen molar-refractivity contribution in [3.05, 3.63) is 0 Å². The fourth-order valence-electron chi connectivity index (χ4n) is 3.80. The van der Waals surface area contributed by atoms with Gasteiger partial charge in [0.1, 0.15) is 0 Å². The average molecular weight is 222 g/mol. The second kappa shape index (κ2) is 4.36. The van der Waals surface area contributed by atoms with E-state index in [1.165, 1.54) is 25.7 Å². The molecule has 3 fully saturated rings. The van der Waals surface area contributed by atoms with Crippen LogP contribution in [0.1, 0.15) is 38.5 Å². The van der Waals surface area contributed by atoms with Gasteiger partial charge in [-0.05, 0) is 50.5 Å². The summed E-state index contributed by atoms with van der Waals surface area (Å²) in [5.74, 6) is 2.25. The Bertz CT molecular complexity index is 273. The Balaban J connectivity index is 1.52. The predicted octanol–water partition coefficient (Wildman–Crippen LogP) is 1.29. The van der Waals surface area contributed by atoms with Gasteiger partial charge in [-0.1, -0.05) is 6.42 Å².